The smallest absolute Gasteiger partial charge is 0.348 e. The van der Waals surface area contributed by atoms with E-state index in [0.29, 0.717) is 5.56 Å². The van der Waals surface area contributed by atoms with Crippen molar-refractivity contribution in [3.8, 4) is 0 Å². The van der Waals surface area contributed by atoms with Gasteiger partial charge in [0.05, 0.1) is 12.2 Å². The first-order valence-electron chi connectivity index (χ1n) is 6.98. The molecule has 1 aromatic carbocycles. The summed E-state index contributed by atoms with van der Waals surface area (Å²) in [7, 11) is 0. The number of carbonyl (C=O) groups is 3. The van der Waals surface area contributed by atoms with E-state index in [1.54, 1.807) is 6.92 Å². The lowest BCUT2D eigenvalue weighted by Crippen LogP contribution is -2.41. The summed E-state index contributed by atoms with van der Waals surface area (Å²) in [4.78, 5) is 35.4. The lowest BCUT2D eigenvalue weighted by Gasteiger charge is -2.29. The molecule has 7 nitrogen and oxygen atoms in total. The van der Waals surface area contributed by atoms with Crippen molar-refractivity contribution in [3.05, 3.63) is 34.9 Å². The van der Waals surface area contributed by atoms with Crippen LogP contribution < -0.4 is 5.73 Å². The number of ether oxygens (including phenoxy) is 3. The highest BCUT2D eigenvalue weighted by molar-refractivity contribution is 6.19. The molecule has 0 aromatic heterocycles. The molecule has 2 rings (SSSR count). The van der Waals surface area contributed by atoms with Crippen LogP contribution in [0.3, 0.4) is 0 Å². The molecular weight excluding hydrogens is 302 g/mol. The molecule has 0 aliphatic carbocycles. The average Bonchev–Trinajstić information content (AvgIpc) is 2.42. The van der Waals surface area contributed by atoms with Crippen molar-refractivity contribution in [1.82, 2.24) is 0 Å². The number of benzene rings is 1. The van der Waals surface area contributed by atoms with E-state index in [4.69, 9.17) is 19.9 Å². The van der Waals surface area contributed by atoms with Crippen LogP contribution in [-0.4, -0.2) is 30.3 Å². The van der Waals surface area contributed by atoms with Crippen LogP contribution >= 0.6 is 0 Å². The van der Waals surface area contributed by atoms with Gasteiger partial charge in [0.2, 0.25) is 0 Å². The highest BCUT2D eigenvalue weighted by atomic mass is 16.7. The predicted octanol–water partition coefficient (Wildman–Crippen LogP) is 1.66. The molecule has 7 heteroatoms. The SMILES string of the molecule is CCOC(=O)c1ccc(C=C2C(=O)OC(C)(C)OC2=O)cc1N. The number of carbonyl (C=O) groups excluding carboxylic acids is 3. The fourth-order valence-electron chi connectivity index (χ4n) is 2.01. The minimum atomic E-state index is -1.29. The third-order valence-corrected chi connectivity index (χ3v) is 3.00. The molecule has 0 amide bonds. The van der Waals surface area contributed by atoms with E-state index in [2.05, 4.69) is 0 Å². The van der Waals surface area contributed by atoms with Gasteiger partial charge >= 0.3 is 17.9 Å². The standard InChI is InChI=1S/C16H17NO6/c1-4-21-13(18)10-6-5-9(8-12(10)17)7-11-14(19)22-16(2,3)23-15(11)20/h5-8H,4,17H2,1-3H3. The van der Waals surface area contributed by atoms with Crippen LogP contribution in [0.15, 0.2) is 23.8 Å². The normalized spacial score (nSPS) is 16.4. The van der Waals surface area contributed by atoms with Gasteiger partial charge in [0.1, 0.15) is 5.57 Å². The molecule has 122 valence electrons. The second-order valence-electron chi connectivity index (χ2n) is 5.30. The molecule has 2 N–H and O–H groups in total. The van der Waals surface area contributed by atoms with Gasteiger partial charge in [-0.15, -0.1) is 0 Å². The van der Waals surface area contributed by atoms with E-state index >= 15 is 0 Å². The Hall–Kier alpha value is -2.83. The molecule has 1 aromatic rings. The van der Waals surface area contributed by atoms with Crippen LogP contribution in [0.1, 0.15) is 36.7 Å². The number of rotatable bonds is 3. The van der Waals surface area contributed by atoms with Gasteiger partial charge in [0, 0.05) is 19.5 Å². The molecule has 0 bridgehead atoms. The van der Waals surface area contributed by atoms with E-state index in [0.717, 1.165) is 0 Å². The number of hydrogen-bond donors (Lipinski definition) is 1. The van der Waals surface area contributed by atoms with E-state index < -0.39 is 23.7 Å². The Balaban J connectivity index is 2.30. The molecule has 0 unspecified atom stereocenters. The molecule has 1 aliphatic rings. The third kappa shape index (κ3) is 3.68. The number of nitrogen functional groups attached to an aromatic ring is 1. The highest BCUT2D eigenvalue weighted by Crippen LogP contribution is 2.25. The van der Waals surface area contributed by atoms with Gasteiger partial charge in [-0.3, -0.25) is 0 Å². The summed E-state index contributed by atoms with van der Waals surface area (Å²) in [5.74, 6) is -3.39. The fraction of sp³-hybridized carbons (Fsp3) is 0.312. The third-order valence-electron chi connectivity index (χ3n) is 3.00. The molecular formula is C16H17NO6. The first-order valence-corrected chi connectivity index (χ1v) is 6.98. The summed E-state index contributed by atoms with van der Waals surface area (Å²) in [6, 6.07) is 4.46. The maximum atomic E-state index is 11.9. The van der Waals surface area contributed by atoms with Crippen LogP contribution in [0.4, 0.5) is 5.69 Å². The summed E-state index contributed by atoms with van der Waals surface area (Å²) in [6.45, 7) is 4.85. The van der Waals surface area contributed by atoms with E-state index in [1.165, 1.54) is 38.1 Å². The zero-order chi connectivity index (χ0) is 17.2. The van der Waals surface area contributed by atoms with Gasteiger partial charge in [-0.2, -0.15) is 0 Å². The topological polar surface area (TPSA) is 105 Å². The summed E-state index contributed by atoms with van der Waals surface area (Å²) in [5.41, 5.74) is 6.41. The van der Waals surface area contributed by atoms with Crippen LogP contribution in [0.2, 0.25) is 0 Å². The van der Waals surface area contributed by atoms with Gasteiger partial charge < -0.3 is 19.9 Å². The first-order chi connectivity index (χ1) is 10.7. The number of cyclic esters (lactones) is 2. The van der Waals surface area contributed by atoms with Crippen LogP contribution in [0.5, 0.6) is 0 Å². The molecule has 1 aliphatic heterocycles. The first kappa shape index (κ1) is 16.5. The monoisotopic (exact) mass is 319 g/mol. The Morgan fingerprint density at radius 2 is 1.87 bits per heavy atom. The van der Waals surface area contributed by atoms with Crippen molar-refractivity contribution < 1.29 is 28.6 Å². The van der Waals surface area contributed by atoms with Crippen molar-refractivity contribution in [2.75, 3.05) is 12.3 Å². The number of hydrogen-bond acceptors (Lipinski definition) is 7. The Kier molecular flexibility index (Phi) is 4.40. The Morgan fingerprint density at radius 3 is 2.39 bits per heavy atom. The van der Waals surface area contributed by atoms with Crippen molar-refractivity contribution in [3.63, 3.8) is 0 Å². The fourth-order valence-corrected chi connectivity index (χ4v) is 2.01. The predicted molar refractivity (Wildman–Crippen MR) is 81.1 cm³/mol. The van der Waals surface area contributed by atoms with E-state index in [1.807, 2.05) is 0 Å². The zero-order valence-electron chi connectivity index (χ0n) is 13.0. The molecule has 23 heavy (non-hydrogen) atoms. The summed E-state index contributed by atoms with van der Waals surface area (Å²) in [6.07, 6.45) is 1.30. The maximum Gasteiger partial charge on any atom is 0.348 e. The number of esters is 3. The molecule has 0 saturated carbocycles. The van der Waals surface area contributed by atoms with Crippen molar-refractivity contribution >= 4 is 29.7 Å². The second kappa shape index (κ2) is 6.12. The van der Waals surface area contributed by atoms with Crippen molar-refractivity contribution in [1.29, 1.82) is 0 Å². The molecule has 1 fully saturated rings. The largest absolute Gasteiger partial charge is 0.462 e. The molecule has 0 spiro atoms. The van der Waals surface area contributed by atoms with Crippen LogP contribution in [0, 0.1) is 0 Å². The van der Waals surface area contributed by atoms with Crippen LogP contribution in [0.25, 0.3) is 6.08 Å². The maximum absolute atomic E-state index is 11.9. The van der Waals surface area contributed by atoms with Gasteiger partial charge in [-0.25, -0.2) is 14.4 Å². The lowest BCUT2D eigenvalue weighted by molar-refractivity contribution is -0.222. The van der Waals surface area contributed by atoms with Crippen LogP contribution in [-0.2, 0) is 23.8 Å². The van der Waals surface area contributed by atoms with Gasteiger partial charge in [-0.05, 0) is 30.7 Å². The zero-order valence-corrected chi connectivity index (χ0v) is 13.0. The lowest BCUT2D eigenvalue weighted by atomic mass is 10.1. The van der Waals surface area contributed by atoms with E-state index in [-0.39, 0.29) is 23.4 Å². The Morgan fingerprint density at radius 1 is 1.26 bits per heavy atom. The van der Waals surface area contributed by atoms with E-state index in [9.17, 15) is 14.4 Å². The number of anilines is 1. The average molecular weight is 319 g/mol. The quantitative estimate of drug-likeness (QED) is 0.391. The molecule has 1 saturated heterocycles. The molecule has 0 radical (unpaired) electrons. The molecule has 1 heterocycles. The van der Waals surface area contributed by atoms with Gasteiger partial charge in [0.25, 0.3) is 5.79 Å². The minimum absolute atomic E-state index is 0.177. The van der Waals surface area contributed by atoms with Gasteiger partial charge in [0.15, 0.2) is 0 Å². The minimum Gasteiger partial charge on any atom is -0.462 e. The Bertz CT molecular complexity index is 683. The van der Waals surface area contributed by atoms with Crippen molar-refractivity contribution in [2.24, 2.45) is 0 Å². The summed E-state index contributed by atoms with van der Waals surface area (Å²) in [5, 5.41) is 0. The van der Waals surface area contributed by atoms with Gasteiger partial charge in [-0.1, -0.05) is 6.07 Å². The molecule has 0 atom stereocenters. The second-order valence-corrected chi connectivity index (χ2v) is 5.30. The summed E-state index contributed by atoms with van der Waals surface area (Å²) >= 11 is 0. The highest BCUT2D eigenvalue weighted by Gasteiger charge is 2.38. The number of nitrogens with two attached hydrogens (primary N) is 1. The Labute approximate surface area is 133 Å². The summed E-state index contributed by atoms with van der Waals surface area (Å²) < 4.78 is 14.9. The van der Waals surface area contributed by atoms with Crippen molar-refractivity contribution in [2.45, 2.75) is 26.6 Å².